The topological polar surface area (TPSA) is 76.9 Å². The Morgan fingerprint density at radius 1 is 0.844 bits per heavy atom. The molecule has 0 aliphatic carbocycles. The Morgan fingerprint density at radius 3 is 1.72 bits per heavy atom. The van der Waals surface area contributed by atoms with Gasteiger partial charge in [-0.15, -0.1) is 0 Å². The van der Waals surface area contributed by atoms with E-state index >= 15 is 0 Å². The molecule has 2 aliphatic heterocycles. The first-order valence-electron chi connectivity index (χ1n) is 11.2. The molecule has 8 nitrogen and oxygen atoms in total. The molecular weight excluding hydrogens is 408 g/mol. The van der Waals surface area contributed by atoms with Crippen LogP contribution >= 0.6 is 0 Å². The van der Waals surface area contributed by atoms with Crippen LogP contribution in [0.4, 0.5) is 9.59 Å². The van der Waals surface area contributed by atoms with Crippen molar-refractivity contribution < 1.29 is 19.1 Å². The summed E-state index contributed by atoms with van der Waals surface area (Å²) in [7, 11) is 1.99. The third kappa shape index (κ3) is 6.14. The summed E-state index contributed by atoms with van der Waals surface area (Å²) in [6.07, 6.45) is 7.05. The van der Waals surface area contributed by atoms with Gasteiger partial charge in [0.25, 0.3) is 0 Å². The summed E-state index contributed by atoms with van der Waals surface area (Å²) in [5.74, 6) is 0.916. The Morgan fingerprint density at radius 2 is 1.31 bits per heavy atom. The van der Waals surface area contributed by atoms with Gasteiger partial charge in [-0.1, -0.05) is 12.2 Å². The molecule has 0 spiro atoms. The Kier molecular flexibility index (Phi) is 6.72. The van der Waals surface area contributed by atoms with Gasteiger partial charge < -0.3 is 23.8 Å². The molecule has 1 aromatic rings. The lowest BCUT2D eigenvalue weighted by Crippen LogP contribution is -2.39. The van der Waals surface area contributed by atoms with Crippen LogP contribution in [0.1, 0.15) is 65.9 Å². The van der Waals surface area contributed by atoms with Crippen LogP contribution in [0, 0.1) is 0 Å². The summed E-state index contributed by atoms with van der Waals surface area (Å²) < 4.78 is 13.0. The van der Waals surface area contributed by atoms with Gasteiger partial charge >= 0.3 is 12.2 Å². The summed E-state index contributed by atoms with van der Waals surface area (Å²) in [6, 6.07) is 0. The van der Waals surface area contributed by atoms with Gasteiger partial charge in [0.05, 0.1) is 5.69 Å². The molecular formula is C24H36N4O4. The first kappa shape index (κ1) is 23.9. The van der Waals surface area contributed by atoms with Gasteiger partial charge in [-0.3, -0.25) is 0 Å². The van der Waals surface area contributed by atoms with Crippen molar-refractivity contribution in [3.63, 3.8) is 0 Å². The number of hydrogen-bond donors (Lipinski definition) is 0. The summed E-state index contributed by atoms with van der Waals surface area (Å²) in [5, 5.41) is 0. The van der Waals surface area contributed by atoms with Crippen molar-refractivity contribution >= 4 is 23.3 Å². The van der Waals surface area contributed by atoms with Crippen molar-refractivity contribution in [3.05, 3.63) is 29.9 Å². The fourth-order valence-corrected chi connectivity index (χ4v) is 3.68. The smallest absolute Gasteiger partial charge is 0.410 e. The molecule has 8 heteroatoms. The van der Waals surface area contributed by atoms with Gasteiger partial charge in [-0.25, -0.2) is 14.6 Å². The standard InChI is InChI=1S/C24H36N4O4/c1-23(2,3)31-21(29)27-12-8-17(9-13-27)19-16-26(7)20(25-19)18-10-14-28(15-11-18)22(30)32-24(4,5)6/h8,10,16H,9,11-15H2,1-7H3. The highest BCUT2D eigenvalue weighted by atomic mass is 16.6. The molecule has 0 atom stereocenters. The Balaban J connectivity index is 1.65. The molecule has 0 aromatic carbocycles. The molecule has 0 bridgehead atoms. The van der Waals surface area contributed by atoms with E-state index in [9.17, 15) is 9.59 Å². The van der Waals surface area contributed by atoms with Gasteiger partial charge in [0.1, 0.15) is 17.0 Å². The number of rotatable bonds is 2. The fourth-order valence-electron chi connectivity index (χ4n) is 3.68. The van der Waals surface area contributed by atoms with Crippen LogP contribution in [-0.2, 0) is 16.5 Å². The molecule has 1 aromatic heterocycles. The summed E-state index contributed by atoms with van der Waals surface area (Å²) in [5.41, 5.74) is 2.21. The van der Waals surface area contributed by atoms with E-state index in [2.05, 4.69) is 12.2 Å². The van der Waals surface area contributed by atoms with E-state index in [0.717, 1.165) is 35.5 Å². The van der Waals surface area contributed by atoms with Crippen LogP contribution in [0.5, 0.6) is 0 Å². The van der Waals surface area contributed by atoms with Crippen LogP contribution in [0.15, 0.2) is 18.3 Å². The first-order chi connectivity index (χ1) is 14.8. The number of aryl methyl sites for hydroxylation is 1. The van der Waals surface area contributed by atoms with Crippen molar-refractivity contribution in [1.82, 2.24) is 19.4 Å². The molecule has 0 radical (unpaired) electrons. The number of nitrogens with zero attached hydrogens (tertiary/aromatic N) is 4. The number of hydrogen-bond acceptors (Lipinski definition) is 5. The highest BCUT2D eigenvalue weighted by molar-refractivity contribution is 5.74. The Labute approximate surface area is 190 Å². The minimum absolute atomic E-state index is 0.281. The maximum atomic E-state index is 12.3. The van der Waals surface area contributed by atoms with Crippen LogP contribution in [0.2, 0.25) is 0 Å². The molecule has 176 valence electrons. The lowest BCUT2D eigenvalue weighted by atomic mass is 10.1. The molecule has 0 fully saturated rings. The van der Waals surface area contributed by atoms with Crippen LogP contribution < -0.4 is 0 Å². The van der Waals surface area contributed by atoms with Crippen molar-refractivity contribution in [2.75, 3.05) is 26.2 Å². The molecule has 0 saturated carbocycles. The Bertz CT molecular complexity index is 931. The summed E-state index contributed by atoms with van der Waals surface area (Å²) in [6.45, 7) is 13.5. The lowest BCUT2D eigenvalue weighted by molar-refractivity contribution is 0.0260. The number of ether oxygens (including phenoxy) is 2. The summed E-state index contributed by atoms with van der Waals surface area (Å²) >= 11 is 0. The van der Waals surface area contributed by atoms with Crippen molar-refractivity contribution in [3.8, 4) is 0 Å². The van der Waals surface area contributed by atoms with Gasteiger partial charge in [0.2, 0.25) is 0 Å². The Hall–Kier alpha value is -2.77. The minimum Gasteiger partial charge on any atom is -0.444 e. The second-order valence-electron chi connectivity index (χ2n) is 10.4. The van der Waals surface area contributed by atoms with E-state index in [1.54, 1.807) is 9.80 Å². The van der Waals surface area contributed by atoms with Crippen molar-refractivity contribution in [2.45, 2.75) is 65.6 Å². The molecule has 32 heavy (non-hydrogen) atoms. The largest absolute Gasteiger partial charge is 0.444 e. The van der Waals surface area contributed by atoms with Gasteiger partial charge in [-0.05, 0) is 65.5 Å². The van der Waals surface area contributed by atoms with Gasteiger partial charge in [0.15, 0.2) is 0 Å². The highest BCUT2D eigenvalue weighted by Crippen LogP contribution is 2.27. The van der Waals surface area contributed by atoms with Crippen molar-refractivity contribution in [1.29, 1.82) is 0 Å². The second kappa shape index (κ2) is 9.00. The van der Waals surface area contributed by atoms with Crippen molar-refractivity contribution in [2.24, 2.45) is 7.05 Å². The maximum Gasteiger partial charge on any atom is 0.410 e. The van der Waals surface area contributed by atoms with E-state index in [1.165, 1.54) is 0 Å². The lowest BCUT2D eigenvalue weighted by Gasteiger charge is -2.29. The molecule has 3 heterocycles. The monoisotopic (exact) mass is 444 g/mol. The maximum absolute atomic E-state index is 12.3. The van der Waals surface area contributed by atoms with E-state index in [1.807, 2.05) is 59.4 Å². The second-order valence-corrected chi connectivity index (χ2v) is 10.4. The summed E-state index contributed by atoms with van der Waals surface area (Å²) in [4.78, 5) is 32.9. The predicted molar refractivity (Wildman–Crippen MR) is 124 cm³/mol. The number of amides is 2. The van der Waals surface area contributed by atoms with E-state index in [0.29, 0.717) is 26.2 Å². The molecule has 0 saturated heterocycles. The third-order valence-electron chi connectivity index (χ3n) is 5.21. The number of imidazole rings is 1. The SMILES string of the molecule is Cn1cc(C2=CCN(C(=O)OC(C)(C)C)CC2)nc1C1=CCN(C(=O)OC(C)(C)C)CC1. The van der Waals surface area contributed by atoms with E-state index in [4.69, 9.17) is 14.5 Å². The average molecular weight is 445 g/mol. The van der Waals surface area contributed by atoms with E-state index in [-0.39, 0.29) is 12.2 Å². The minimum atomic E-state index is -0.498. The first-order valence-corrected chi connectivity index (χ1v) is 11.2. The average Bonchev–Trinajstić information content (AvgIpc) is 3.07. The van der Waals surface area contributed by atoms with Crippen LogP contribution in [-0.4, -0.2) is 68.9 Å². The zero-order chi connectivity index (χ0) is 23.7. The predicted octanol–water partition coefficient (Wildman–Crippen LogP) is 4.47. The highest BCUT2D eigenvalue weighted by Gasteiger charge is 2.27. The van der Waals surface area contributed by atoms with E-state index < -0.39 is 11.2 Å². The number of aromatic nitrogens is 2. The zero-order valence-electron chi connectivity index (χ0n) is 20.4. The third-order valence-corrected chi connectivity index (χ3v) is 5.21. The molecule has 2 aliphatic rings. The molecule has 0 N–H and O–H groups in total. The quantitative estimate of drug-likeness (QED) is 0.673. The normalized spacial score (nSPS) is 17.6. The molecule has 3 rings (SSSR count). The molecule has 0 unspecified atom stereocenters. The van der Waals surface area contributed by atoms with Gasteiger partial charge in [-0.2, -0.15) is 0 Å². The van der Waals surface area contributed by atoms with Crippen LogP contribution in [0.3, 0.4) is 0 Å². The zero-order valence-corrected chi connectivity index (χ0v) is 20.4. The number of carbonyl (C=O) groups excluding carboxylic acids is 2. The molecule has 2 amide bonds. The fraction of sp³-hybridized carbons (Fsp3) is 0.625. The van der Waals surface area contributed by atoms with Crippen LogP contribution in [0.25, 0.3) is 11.1 Å². The number of carbonyl (C=O) groups is 2. The van der Waals surface area contributed by atoms with Gasteiger partial charge in [0, 0.05) is 39.4 Å².